The number of furan rings is 1. The van der Waals surface area contributed by atoms with E-state index in [2.05, 4.69) is 0 Å². The third-order valence-electron chi connectivity index (χ3n) is 3.29. The van der Waals surface area contributed by atoms with E-state index in [1.165, 1.54) is 12.1 Å². The van der Waals surface area contributed by atoms with Crippen LogP contribution < -0.4 is 0 Å². The minimum Gasteiger partial charge on any atom is -0.456 e. The Morgan fingerprint density at radius 3 is 2.21 bits per heavy atom. The monoisotopic (exact) mass is 288 g/mol. The Labute approximate surface area is 116 Å². The van der Waals surface area contributed by atoms with Gasteiger partial charge in [-0.2, -0.15) is 0 Å². The number of rotatable bonds is 4. The molecule has 1 heterocycles. The molecule has 106 valence electrons. The van der Waals surface area contributed by atoms with E-state index in [0.717, 1.165) is 6.42 Å². The average molecular weight is 289 g/mol. The topological polar surface area (TPSA) is 57.9 Å². The number of carbonyl (C=O) groups is 1. The van der Waals surface area contributed by atoms with Crippen molar-refractivity contribution in [2.24, 2.45) is 0 Å². The Balaban J connectivity index is 1.95. The molecule has 1 aliphatic rings. The van der Waals surface area contributed by atoms with Crippen molar-refractivity contribution in [3.8, 4) is 0 Å². The van der Waals surface area contributed by atoms with Gasteiger partial charge in [0.25, 0.3) is 0 Å². The molecule has 0 amide bonds. The summed E-state index contributed by atoms with van der Waals surface area (Å²) < 4.78 is 21.1. The Morgan fingerprint density at radius 1 is 1.16 bits per heavy atom. The van der Waals surface area contributed by atoms with Gasteiger partial charge in [0.15, 0.2) is 5.22 Å². The zero-order valence-corrected chi connectivity index (χ0v) is 11.7. The van der Waals surface area contributed by atoms with E-state index >= 15 is 0 Å². The van der Waals surface area contributed by atoms with Crippen LogP contribution in [0.3, 0.4) is 0 Å². The Kier molecular flexibility index (Phi) is 4.85. The second kappa shape index (κ2) is 6.41. The highest BCUT2D eigenvalue weighted by molar-refractivity contribution is 6.29. The zero-order chi connectivity index (χ0) is 13.8. The summed E-state index contributed by atoms with van der Waals surface area (Å²) >= 11 is 5.62. The van der Waals surface area contributed by atoms with E-state index in [-0.39, 0.29) is 29.3 Å². The summed E-state index contributed by atoms with van der Waals surface area (Å²) in [5.41, 5.74) is 0. The van der Waals surface area contributed by atoms with Gasteiger partial charge in [-0.15, -0.1) is 0 Å². The minimum absolute atomic E-state index is 0.0386. The van der Waals surface area contributed by atoms with E-state index in [1.807, 2.05) is 0 Å². The Bertz CT molecular complexity index is 418. The van der Waals surface area contributed by atoms with Crippen molar-refractivity contribution in [2.45, 2.75) is 37.6 Å². The number of carbonyl (C=O) groups excluding carboxylic acids is 1. The van der Waals surface area contributed by atoms with Crippen molar-refractivity contribution in [3.63, 3.8) is 0 Å². The number of hydrogen-bond acceptors (Lipinski definition) is 5. The third kappa shape index (κ3) is 3.72. The number of hydrogen-bond donors (Lipinski definition) is 0. The molecule has 6 heteroatoms. The lowest BCUT2D eigenvalue weighted by Crippen LogP contribution is -2.37. The SMILES string of the molecule is CO[C@H]1CC(OC(=O)c2ccc(Cl)o2)C[C@H](OC)C1. The fraction of sp³-hybridized carbons (Fsp3) is 0.615. The molecule has 2 rings (SSSR count). The first-order valence-corrected chi connectivity index (χ1v) is 6.52. The smallest absolute Gasteiger partial charge is 0.374 e. The van der Waals surface area contributed by atoms with Gasteiger partial charge in [0.1, 0.15) is 6.10 Å². The summed E-state index contributed by atoms with van der Waals surface area (Å²) in [6, 6.07) is 3.00. The minimum atomic E-state index is -0.511. The molecule has 1 aromatic rings. The van der Waals surface area contributed by atoms with Crippen LogP contribution in [0.1, 0.15) is 29.8 Å². The van der Waals surface area contributed by atoms with E-state index in [4.69, 9.17) is 30.2 Å². The lowest BCUT2D eigenvalue weighted by atomic mass is 9.92. The van der Waals surface area contributed by atoms with Crippen LogP contribution in [-0.2, 0) is 14.2 Å². The zero-order valence-electron chi connectivity index (χ0n) is 10.9. The number of ether oxygens (including phenoxy) is 3. The normalized spacial score (nSPS) is 27.2. The molecule has 19 heavy (non-hydrogen) atoms. The molecule has 0 radical (unpaired) electrons. The third-order valence-corrected chi connectivity index (χ3v) is 3.50. The van der Waals surface area contributed by atoms with E-state index in [0.29, 0.717) is 12.8 Å². The molecule has 1 fully saturated rings. The molecule has 0 unspecified atom stereocenters. The molecule has 0 saturated heterocycles. The highest BCUT2D eigenvalue weighted by Crippen LogP contribution is 2.26. The van der Waals surface area contributed by atoms with Crippen LogP contribution in [0.5, 0.6) is 0 Å². The Morgan fingerprint density at radius 2 is 1.74 bits per heavy atom. The summed E-state index contributed by atoms with van der Waals surface area (Å²) in [7, 11) is 3.29. The quantitative estimate of drug-likeness (QED) is 0.797. The van der Waals surface area contributed by atoms with Gasteiger partial charge in [0.05, 0.1) is 12.2 Å². The first-order valence-electron chi connectivity index (χ1n) is 6.14. The maximum Gasteiger partial charge on any atom is 0.374 e. The van der Waals surface area contributed by atoms with Crippen molar-refractivity contribution < 1.29 is 23.4 Å². The van der Waals surface area contributed by atoms with Gasteiger partial charge in [-0.1, -0.05) is 0 Å². The number of halogens is 1. The highest BCUT2D eigenvalue weighted by atomic mass is 35.5. The van der Waals surface area contributed by atoms with Gasteiger partial charge in [0.2, 0.25) is 5.76 Å². The molecule has 0 aromatic carbocycles. The van der Waals surface area contributed by atoms with Crippen molar-refractivity contribution in [1.29, 1.82) is 0 Å². The largest absolute Gasteiger partial charge is 0.456 e. The van der Waals surface area contributed by atoms with Gasteiger partial charge in [-0.25, -0.2) is 4.79 Å². The highest BCUT2D eigenvalue weighted by Gasteiger charge is 2.32. The summed E-state index contributed by atoms with van der Waals surface area (Å²) in [5, 5.41) is 0.167. The number of esters is 1. The average Bonchev–Trinajstić information content (AvgIpc) is 2.85. The maximum absolute atomic E-state index is 11.9. The second-order valence-corrected chi connectivity index (χ2v) is 4.93. The molecular weight excluding hydrogens is 272 g/mol. The van der Waals surface area contributed by atoms with Crippen LogP contribution in [0.25, 0.3) is 0 Å². The van der Waals surface area contributed by atoms with Crippen molar-refractivity contribution in [2.75, 3.05) is 14.2 Å². The van der Waals surface area contributed by atoms with Crippen molar-refractivity contribution in [1.82, 2.24) is 0 Å². The first-order chi connectivity index (χ1) is 9.12. The van der Waals surface area contributed by atoms with Crippen LogP contribution in [0.15, 0.2) is 16.5 Å². The fourth-order valence-corrected chi connectivity index (χ4v) is 2.43. The van der Waals surface area contributed by atoms with Gasteiger partial charge in [0, 0.05) is 33.5 Å². The number of methoxy groups -OCH3 is 2. The molecule has 1 saturated carbocycles. The van der Waals surface area contributed by atoms with E-state index in [9.17, 15) is 4.79 Å². The van der Waals surface area contributed by atoms with E-state index in [1.54, 1.807) is 14.2 Å². The van der Waals surface area contributed by atoms with Crippen LogP contribution in [0, 0.1) is 0 Å². The predicted molar refractivity (Wildman–Crippen MR) is 68.4 cm³/mol. The first kappa shape index (κ1) is 14.4. The summed E-state index contributed by atoms with van der Waals surface area (Å²) in [6.07, 6.45) is 1.98. The van der Waals surface area contributed by atoms with E-state index < -0.39 is 5.97 Å². The predicted octanol–water partition coefficient (Wildman–Crippen LogP) is 2.67. The van der Waals surface area contributed by atoms with Gasteiger partial charge in [-0.05, 0) is 23.7 Å². The Hall–Kier alpha value is -1.04. The molecule has 0 spiro atoms. The second-order valence-electron chi connectivity index (χ2n) is 4.55. The molecular formula is C13H17ClO5. The molecule has 0 N–H and O–H groups in total. The molecule has 0 bridgehead atoms. The molecule has 1 aromatic heterocycles. The summed E-state index contributed by atoms with van der Waals surface area (Å²) in [5.74, 6) is -0.401. The molecule has 1 aliphatic carbocycles. The molecule has 0 aliphatic heterocycles. The molecule has 5 nitrogen and oxygen atoms in total. The lowest BCUT2D eigenvalue weighted by molar-refractivity contribution is -0.0664. The van der Waals surface area contributed by atoms with Crippen LogP contribution >= 0.6 is 11.6 Å². The maximum atomic E-state index is 11.9. The molecule has 2 atom stereocenters. The summed E-state index contributed by atoms with van der Waals surface area (Å²) in [6.45, 7) is 0. The van der Waals surface area contributed by atoms with Gasteiger partial charge < -0.3 is 18.6 Å². The lowest BCUT2D eigenvalue weighted by Gasteiger charge is -2.32. The van der Waals surface area contributed by atoms with Gasteiger partial charge in [-0.3, -0.25) is 0 Å². The van der Waals surface area contributed by atoms with Crippen LogP contribution in [0.4, 0.5) is 0 Å². The van der Waals surface area contributed by atoms with Crippen molar-refractivity contribution in [3.05, 3.63) is 23.1 Å². The van der Waals surface area contributed by atoms with Crippen molar-refractivity contribution >= 4 is 17.6 Å². The standard InChI is InChI=1S/C13H17ClO5/c1-16-8-5-9(17-2)7-10(6-8)18-13(15)11-3-4-12(14)19-11/h3-4,8-10H,5-7H2,1-2H3/t8-,9-/m1/s1. The van der Waals surface area contributed by atoms with Crippen LogP contribution in [-0.4, -0.2) is 38.5 Å². The van der Waals surface area contributed by atoms with Gasteiger partial charge >= 0.3 is 5.97 Å². The summed E-state index contributed by atoms with van der Waals surface area (Å²) in [4.78, 5) is 11.9. The van der Waals surface area contributed by atoms with Crippen LogP contribution in [0.2, 0.25) is 5.22 Å². The fourth-order valence-electron chi connectivity index (χ4n) is 2.28.